The van der Waals surface area contributed by atoms with Gasteiger partial charge in [0.2, 0.25) is 0 Å². The zero-order valence-electron chi connectivity index (χ0n) is 22.1. The summed E-state index contributed by atoms with van der Waals surface area (Å²) >= 11 is 1.49. The number of phenols is 1. The molecule has 0 saturated heterocycles. The standard InChI is InChI=1S/C28H35N3O5S/c1-8-31(26(34)22(16-17-37-7)30-27(35)36-28(4,5)6)23(20-14-11-13-19(3)24(20)32)25(33)29-21-15-10-9-12-18(21)2/h1,9-15,22-23,32H,16-17H2,2-7H3,(H,29,33)(H,30,35). The first-order valence-electron chi connectivity index (χ1n) is 11.8. The fraction of sp³-hybridized carbons (Fsp3) is 0.393. The summed E-state index contributed by atoms with van der Waals surface area (Å²) in [6.45, 7) is 8.66. The highest BCUT2D eigenvalue weighted by atomic mass is 32.2. The van der Waals surface area contributed by atoms with Gasteiger partial charge in [-0.25, -0.2) is 4.79 Å². The van der Waals surface area contributed by atoms with E-state index in [0.717, 1.165) is 10.5 Å². The number of para-hydroxylation sites is 2. The molecule has 9 heteroatoms. The van der Waals surface area contributed by atoms with Gasteiger partial charge < -0.3 is 20.5 Å². The van der Waals surface area contributed by atoms with Gasteiger partial charge in [-0.1, -0.05) is 42.8 Å². The molecule has 37 heavy (non-hydrogen) atoms. The van der Waals surface area contributed by atoms with Crippen molar-refractivity contribution in [1.82, 2.24) is 10.2 Å². The molecule has 0 radical (unpaired) electrons. The van der Waals surface area contributed by atoms with Crippen molar-refractivity contribution in [3.63, 3.8) is 0 Å². The number of thioether (sulfide) groups is 1. The highest BCUT2D eigenvalue weighted by molar-refractivity contribution is 7.98. The minimum Gasteiger partial charge on any atom is -0.507 e. The maximum Gasteiger partial charge on any atom is 0.408 e. The van der Waals surface area contributed by atoms with E-state index in [0.29, 0.717) is 17.0 Å². The number of hydrogen-bond acceptors (Lipinski definition) is 6. The highest BCUT2D eigenvalue weighted by Gasteiger charge is 2.37. The van der Waals surface area contributed by atoms with E-state index in [1.54, 1.807) is 58.0 Å². The Kier molecular flexibility index (Phi) is 10.4. The molecule has 198 valence electrons. The van der Waals surface area contributed by atoms with Crippen molar-refractivity contribution in [3.05, 3.63) is 59.2 Å². The Morgan fingerprint density at radius 2 is 1.76 bits per heavy atom. The third-order valence-electron chi connectivity index (χ3n) is 5.45. The van der Waals surface area contributed by atoms with Crippen LogP contribution in [-0.4, -0.2) is 51.6 Å². The number of aromatic hydroxyl groups is 1. The fourth-order valence-electron chi connectivity index (χ4n) is 3.59. The second-order valence-electron chi connectivity index (χ2n) is 9.54. The second kappa shape index (κ2) is 13.1. The van der Waals surface area contributed by atoms with Gasteiger partial charge in [-0.3, -0.25) is 14.5 Å². The topological polar surface area (TPSA) is 108 Å². The summed E-state index contributed by atoms with van der Waals surface area (Å²) in [6, 6.07) is 12.0. The largest absolute Gasteiger partial charge is 0.507 e. The second-order valence-corrected chi connectivity index (χ2v) is 10.5. The molecule has 0 aliphatic carbocycles. The average Bonchev–Trinajstić information content (AvgIpc) is 2.82. The Balaban J connectivity index is 2.51. The number of alkyl carbamates (subject to hydrolysis) is 1. The van der Waals surface area contributed by atoms with Crippen LogP contribution in [0.25, 0.3) is 0 Å². The lowest BCUT2D eigenvalue weighted by Gasteiger charge is -2.31. The molecule has 2 aromatic rings. The Morgan fingerprint density at radius 3 is 2.35 bits per heavy atom. The number of terminal acetylenes is 1. The van der Waals surface area contributed by atoms with Gasteiger partial charge in [0.25, 0.3) is 11.8 Å². The normalized spacial score (nSPS) is 12.6. The average molecular weight is 526 g/mol. The van der Waals surface area contributed by atoms with Crippen LogP contribution in [0.15, 0.2) is 42.5 Å². The Hall–Kier alpha value is -3.64. The smallest absolute Gasteiger partial charge is 0.408 e. The number of aryl methyl sites for hydroxylation is 2. The number of benzene rings is 2. The third-order valence-corrected chi connectivity index (χ3v) is 6.09. The number of hydrogen-bond donors (Lipinski definition) is 3. The molecule has 0 fully saturated rings. The molecule has 0 aliphatic rings. The summed E-state index contributed by atoms with van der Waals surface area (Å²) in [6.07, 6.45) is 7.16. The molecule has 3 amide bonds. The number of ether oxygens (including phenoxy) is 1. The van der Waals surface area contributed by atoms with Crippen molar-refractivity contribution in [1.29, 1.82) is 0 Å². The summed E-state index contributed by atoms with van der Waals surface area (Å²) < 4.78 is 5.33. The number of nitrogens with one attached hydrogen (secondary N) is 2. The van der Waals surface area contributed by atoms with Gasteiger partial charge in [-0.2, -0.15) is 11.8 Å². The first kappa shape index (κ1) is 29.6. The van der Waals surface area contributed by atoms with Crippen LogP contribution in [0.2, 0.25) is 0 Å². The Morgan fingerprint density at radius 1 is 1.11 bits per heavy atom. The predicted molar refractivity (Wildman–Crippen MR) is 147 cm³/mol. The van der Waals surface area contributed by atoms with Gasteiger partial charge in [-0.05, 0) is 70.2 Å². The van der Waals surface area contributed by atoms with E-state index >= 15 is 0 Å². The molecule has 2 unspecified atom stereocenters. The molecule has 0 bridgehead atoms. The van der Waals surface area contributed by atoms with Crippen LogP contribution >= 0.6 is 11.8 Å². The molecule has 3 N–H and O–H groups in total. The van der Waals surface area contributed by atoms with Gasteiger partial charge in [-0.15, -0.1) is 0 Å². The molecule has 0 aromatic heterocycles. The van der Waals surface area contributed by atoms with E-state index in [2.05, 4.69) is 16.7 Å². The van der Waals surface area contributed by atoms with E-state index in [-0.39, 0.29) is 17.7 Å². The maximum atomic E-state index is 13.8. The summed E-state index contributed by atoms with van der Waals surface area (Å²) in [5, 5.41) is 16.3. The van der Waals surface area contributed by atoms with Gasteiger partial charge >= 0.3 is 6.09 Å². The zero-order chi connectivity index (χ0) is 27.8. The van der Waals surface area contributed by atoms with Gasteiger partial charge in [0.1, 0.15) is 17.4 Å². The lowest BCUT2D eigenvalue weighted by Crippen LogP contribution is -2.51. The van der Waals surface area contributed by atoms with Crippen molar-refractivity contribution in [3.8, 4) is 18.2 Å². The van der Waals surface area contributed by atoms with Crippen LogP contribution < -0.4 is 10.6 Å². The summed E-state index contributed by atoms with van der Waals surface area (Å²) in [5.74, 6) is -0.891. The van der Waals surface area contributed by atoms with E-state index < -0.39 is 35.6 Å². The molecule has 0 aliphatic heterocycles. The van der Waals surface area contributed by atoms with Crippen LogP contribution in [0.4, 0.5) is 10.5 Å². The molecule has 2 atom stereocenters. The molecular weight excluding hydrogens is 490 g/mol. The van der Waals surface area contributed by atoms with Crippen molar-refractivity contribution in [2.24, 2.45) is 0 Å². The van der Waals surface area contributed by atoms with Gasteiger partial charge in [0.15, 0.2) is 6.04 Å². The first-order chi connectivity index (χ1) is 17.4. The van der Waals surface area contributed by atoms with Crippen LogP contribution in [0.1, 0.15) is 49.9 Å². The molecular formula is C28H35N3O5S. The van der Waals surface area contributed by atoms with Crippen molar-refractivity contribution >= 4 is 35.4 Å². The highest BCUT2D eigenvalue weighted by Crippen LogP contribution is 2.33. The monoisotopic (exact) mass is 525 g/mol. The van der Waals surface area contributed by atoms with Crippen LogP contribution in [0.5, 0.6) is 5.75 Å². The number of carbonyl (C=O) groups excluding carboxylic acids is 3. The number of rotatable bonds is 9. The summed E-state index contributed by atoms with van der Waals surface area (Å²) in [5.41, 5.74) is 1.26. The molecule has 0 saturated carbocycles. The first-order valence-corrected chi connectivity index (χ1v) is 13.2. The Bertz CT molecular complexity index is 1170. The SMILES string of the molecule is C#CN(C(=O)C(CCSC)NC(=O)OC(C)(C)C)C(C(=O)Nc1ccccc1C)c1cccc(C)c1O. The van der Waals surface area contributed by atoms with E-state index in [1.165, 1.54) is 11.8 Å². The van der Waals surface area contributed by atoms with Gasteiger partial charge in [0, 0.05) is 17.3 Å². The van der Waals surface area contributed by atoms with E-state index in [9.17, 15) is 19.5 Å². The predicted octanol–water partition coefficient (Wildman–Crippen LogP) is 4.75. The van der Waals surface area contributed by atoms with Crippen molar-refractivity contribution < 1.29 is 24.2 Å². The number of nitrogens with zero attached hydrogens (tertiary/aromatic N) is 1. The van der Waals surface area contributed by atoms with E-state index in [1.807, 2.05) is 25.3 Å². The quantitative estimate of drug-likeness (QED) is 0.322. The van der Waals surface area contributed by atoms with E-state index in [4.69, 9.17) is 11.2 Å². The fourth-order valence-corrected chi connectivity index (χ4v) is 4.06. The molecule has 0 spiro atoms. The van der Waals surface area contributed by atoms with Gasteiger partial charge in [0.05, 0.1) is 0 Å². The summed E-state index contributed by atoms with van der Waals surface area (Å²) in [7, 11) is 0. The van der Waals surface area contributed by atoms with Crippen LogP contribution in [0, 0.1) is 26.3 Å². The Labute approximate surface area is 223 Å². The zero-order valence-corrected chi connectivity index (χ0v) is 22.9. The molecule has 8 nitrogen and oxygen atoms in total. The minimum atomic E-state index is -1.37. The molecule has 2 rings (SSSR count). The van der Waals surface area contributed by atoms with Crippen LogP contribution in [-0.2, 0) is 14.3 Å². The summed E-state index contributed by atoms with van der Waals surface area (Å²) in [4.78, 5) is 40.8. The number of anilines is 1. The molecule has 0 heterocycles. The van der Waals surface area contributed by atoms with Crippen molar-refractivity contribution in [2.75, 3.05) is 17.3 Å². The number of carbonyl (C=O) groups is 3. The third kappa shape index (κ3) is 8.19. The lowest BCUT2D eigenvalue weighted by molar-refractivity contribution is -0.136. The maximum absolute atomic E-state index is 13.8. The van der Waals surface area contributed by atoms with Crippen LogP contribution in [0.3, 0.4) is 0 Å². The molecule has 2 aromatic carbocycles. The lowest BCUT2D eigenvalue weighted by atomic mass is 9.99. The van der Waals surface area contributed by atoms with Crippen molar-refractivity contribution in [2.45, 2.75) is 58.7 Å². The minimum absolute atomic E-state index is 0.152. The number of amides is 3. The number of phenolic OH excluding ortho intramolecular Hbond substituents is 1.